The molecule has 0 saturated carbocycles. The molecule has 2 N–H and O–H groups in total. The number of aryl methyl sites for hydroxylation is 2. The second kappa shape index (κ2) is 8.82. The van der Waals surface area contributed by atoms with Crippen LogP contribution in [-0.4, -0.2) is 25.7 Å². The molecular formula is C19H16N6O6. The fraction of sp³-hybridized carbons (Fsp3) is 0.105. The number of carbonyl (C=O) groups is 1. The lowest BCUT2D eigenvalue weighted by Crippen LogP contribution is -2.30. The molecule has 1 heterocycles. The highest BCUT2D eigenvalue weighted by molar-refractivity contribution is 5.95. The first-order chi connectivity index (χ1) is 14.8. The van der Waals surface area contributed by atoms with Gasteiger partial charge in [-0.05, 0) is 43.2 Å². The van der Waals surface area contributed by atoms with Gasteiger partial charge in [0.2, 0.25) is 5.82 Å². The number of amides is 1. The number of nitrogens with zero attached hydrogens (tertiary/aromatic N) is 4. The summed E-state index contributed by atoms with van der Waals surface area (Å²) in [5.74, 6) is -1.06. The maximum atomic E-state index is 12.3. The standard InChI is InChI=1S/C19H16N6O6/c1-11-6-7-15(8-12(11)2)31-19-16(25(29)30)17(20-10-21-19)22-23-18(26)13-4-3-5-14(9-13)24(27)28/h3-10H,1-2H3,(H,23,26)(H,20,21,22). The zero-order chi connectivity index (χ0) is 22.5. The maximum Gasteiger partial charge on any atom is 0.374 e. The van der Waals surface area contributed by atoms with Crippen LogP contribution in [0.1, 0.15) is 21.5 Å². The molecule has 3 aromatic rings. The van der Waals surface area contributed by atoms with Crippen LogP contribution in [0.2, 0.25) is 0 Å². The highest BCUT2D eigenvalue weighted by atomic mass is 16.6. The molecule has 31 heavy (non-hydrogen) atoms. The van der Waals surface area contributed by atoms with Crippen molar-refractivity contribution in [1.29, 1.82) is 0 Å². The zero-order valence-corrected chi connectivity index (χ0v) is 16.4. The number of anilines is 1. The van der Waals surface area contributed by atoms with Gasteiger partial charge in [0.1, 0.15) is 12.1 Å². The summed E-state index contributed by atoms with van der Waals surface area (Å²) in [6.45, 7) is 3.78. The summed E-state index contributed by atoms with van der Waals surface area (Å²) in [5.41, 5.74) is 5.63. The third-order valence-electron chi connectivity index (χ3n) is 4.28. The summed E-state index contributed by atoms with van der Waals surface area (Å²) in [6.07, 6.45) is 1.03. The van der Waals surface area contributed by atoms with Crippen LogP contribution >= 0.6 is 0 Å². The van der Waals surface area contributed by atoms with Crippen molar-refractivity contribution in [3.8, 4) is 11.6 Å². The van der Waals surface area contributed by atoms with Crippen molar-refractivity contribution < 1.29 is 19.4 Å². The smallest absolute Gasteiger partial charge is 0.374 e. The lowest BCUT2D eigenvalue weighted by Gasteiger charge is -2.11. The van der Waals surface area contributed by atoms with Crippen LogP contribution in [0.25, 0.3) is 0 Å². The average molecular weight is 424 g/mol. The average Bonchev–Trinajstić information content (AvgIpc) is 2.74. The Bertz CT molecular complexity index is 1180. The van der Waals surface area contributed by atoms with Gasteiger partial charge in [-0.15, -0.1) is 0 Å². The molecule has 0 aliphatic carbocycles. The molecule has 12 nitrogen and oxygen atoms in total. The number of benzene rings is 2. The zero-order valence-electron chi connectivity index (χ0n) is 16.4. The second-order valence-corrected chi connectivity index (χ2v) is 6.37. The normalized spacial score (nSPS) is 10.3. The van der Waals surface area contributed by atoms with Gasteiger partial charge >= 0.3 is 11.6 Å². The van der Waals surface area contributed by atoms with Crippen LogP contribution in [0.15, 0.2) is 48.8 Å². The van der Waals surface area contributed by atoms with Crippen LogP contribution < -0.4 is 15.6 Å². The monoisotopic (exact) mass is 424 g/mol. The van der Waals surface area contributed by atoms with E-state index in [2.05, 4.69) is 20.8 Å². The Hall–Kier alpha value is -4.61. The molecule has 0 bridgehead atoms. The molecule has 0 atom stereocenters. The summed E-state index contributed by atoms with van der Waals surface area (Å²) in [6, 6.07) is 10.2. The largest absolute Gasteiger partial charge is 0.434 e. The van der Waals surface area contributed by atoms with Gasteiger partial charge in [-0.1, -0.05) is 12.1 Å². The first kappa shape index (κ1) is 21.1. The number of ether oxygens (including phenoxy) is 1. The number of hydrazine groups is 1. The molecule has 0 radical (unpaired) electrons. The molecule has 0 saturated heterocycles. The molecule has 1 aromatic heterocycles. The summed E-state index contributed by atoms with van der Waals surface area (Å²) in [5, 5.41) is 22.5. The van der Waals surface area contributed by atoms with Gasteiger partial charge in [0.25, 0.3) is 11.6 Å². The maximum absolute atomic E-state index is 12.3. The van der Waals surface area contributed by atoms with E-state index < -0.39 is 21.4 Å². The van der Waals surface area contributed by atoms with Crippen molar-refractivity contribution in [3.63, 3.8) is 0 Å². The number of hydrogen-bond donors (Lipinski definition) is 2. The van der Waals surface area contributed by atoms with Gasteiger partial charge in [0.05, 0.1) is 9.85 Å². The summed E-state index contributed by atoms with van der Waals surface area (Å²) in [4.78, 5) is 40.9. The third kappa shape index (κ3) is 4.87. The quantitative estimate of drug-likeness (QED) is 0.427. The molecule has 0 unspecified atom stereocenters. The number of non-ortho nitro benzene ring substituents is 1. The molecule has 0 spiro atoms. The fourth-order valence-electron chi connectivity index (χ4n) is 2.53. The number of hydrogen-bond acceptors (Lipinski definition) is 9. The predicted octanol–water partition coefficient (Wildman–Crippen LogP) is 3.46. The van der Waals surface area contributed by atoms with E-state index in [0.717, 1.165) is 23.5 Å². The second-order valence-electron chi connectivity index (χ2n) is 6.37. The van der Waals surface area contributed by atoms with E-state index >= 15 is 0 Å². The van der Waals surface area contributed by atoms with Crippen molar-refractivity contribution >= 4 is 23.1 Å². The van der Waals surface area contributed by atoms with Crippen LogP contribution in [0.4, 0.5) is 17.2 Å². The topological polar surface area (TPSA) is 162 Å². The van der Waals surface area contributed by atoms with Crippen molar-refractivity contribution in [2.24, 2.45) is 0 Å². The minimum absolute atomic E-state index is 0.0231. The van der Waals surface area contributed by atoms with E-state index in [0.29, 0.717) is 5.75 Å². The predicted molar refractivity (Wildman–Crippen MR) is 109 cm³/mol. The van der Waals surface area contributed by atoms with E-state index in [4.69, 9.17) is 4.74 Å². The molecule has 0 aliphatic heterocycles. The first-order valence-electron chi connectivity index (χ1n) is 8.81. The van der Waals surface area contributed by atoms with Crippen molar-refractivity contribution in [2.45, 2.75) is 13.8 Å². The Labute approximate surface area is 175 Å². The molecule has 0 fully saturated rings. The Morgan fingerprint density at radius 1 is 1.00 bits per heavy atom. The fourth-order valence-corrected chi connectivity index (χ4v) is 2.53. The van der Waals surface area contributed by atoms with Crippen molar-refractivity contribution in [2.75, 3.05) is 5.43 Å². The van der Waals surface area contributed by atoms with E-state index in [1.807, 2.05) is 13.8 Å². The Morgan fingerprint density at radius 2 is 1.77 bits per heavy atom. The lowest BCUT2D eigenvalue weighted by molar-refractivity contribution is -0.385. The van der Waals surface area contributed by atoms with Gasteiger partial charge in [0, 0.05) is 17.7 Å². The Kier molecular flexibility index (Phi) is 6.00. The Morgan fingerprint density at radius 3 is 2.45 bits per heavy atom. The van der Waals surface area contributed by atoms with Gasteiger partial charge in [0.15, 0.2) is 0 Å². The van der Waals surface area contributed by atoms with E-state index in [9.17, 15) is 25.0 Å². The highest BCUT2D eigenvalue weighted by Gasteiger charge is 2.26. The minimum Gasteiger partial charge on any atom is -0.434 e. The minimum atomic E-state index is -0.756. The number of nitrogens with one attached hydrogen (secondary N) is 2. The molecule has 3 rings (SSSR count). The molecule has 2 aromatic carbocycles. The van der Waals surface area contributed by atoms with Crippen molar-refractivity contribution in [3.05, 3.63) is 85.7 Å². The molecular weight excluding hydrogens is 408 g/mol. The van der Waals surface area contributed by atoms with E-state index in [-0.39, 0.29) is 22.9 Å². The molecule has 1 amide bonds. The molecule has 158 valence electrons. The van der Waals surface area contributed by atoms with Crippen LogP contribution in [0, 0.1) is 34.1 Å². The number of nitro groups is 2. The Balaban J connectivity index is 1.83. The summed E-state index contributed by atoms with van der Waals surface area (Å²) < 4.78 is 5.56. The van der Waals surface area contributed by atoms with Gasteiger partial charge < -0.3 is 4.74 Å². The lowest BCUT2D eigenvalue weighted by atomic mass is 10.1. The van der Waals surface area contributed by atoms with E-state index in [1.54, 1.807) is 18.2 Å². The van der Waals surface area contributed by atoms with Gasteiger partial charge in [-0.3, -0.25) is 35.9 Å². The van der Waals surface area contributed by atoms with Crippen LogP contribution in [0.5, 0.6) is 11.6 Å². The SMILES string of the molecule is Cc1ccc(Oc2ncnc(NNC(=O)c3cccc([N+](=O)[O-])c3)c2[N+](=O)[O-])cc1C. The third-order valence-corrected chi connectivity index (χ3v) is 4.28. The molecule has 0 aliphatic rings. The number of rotatable bonds is 7. The van der Waals surface area contributed by atoms with Crippen molar-refractivity contribution in [1.82, 2.24) is 15.4 Å². The number of carbonyl (C=O) groups excluding carboxylic acids is 1. The number of nitro benzene ring substituents is 1. The van der Waals surface area contributed by atoms with Gasteiger partial charge in [-0.25, -0.2) is 4.98 Å². The van der Waals surface area contributed by atoms with Gasteiger partial charge in [-0.2, -0.15) is 4.98 Å². The van der Waals surface area contributed by atoms with Crippen LogP contribution in [-0.2, 0) is 0 Å². The summed E-state index contributed by atoms with van der Waals surface area (Å²) >= 11 is 0. The van der Waals surface area contributed by atoms with Crippen LogP contribution in [0.3, 0.4) is 0 Å². The highest BCUT2D eigenvalue weighted by Crippen LogP contribution is 2.34. The molecule has 12 heteroatoms. The number of aromatic nitrogens is 2. The summed E-state index contributed by atoms with van der Waals surface area (Å²) in [7, 11) is 0. The van der Waals surface area contributed by atoms with E-state index in [1.165, 1.54) is 18.2 Å². The first-order valence-corrected chi connectivity index (χ1v) is 8.81.